The van der Waals surface area contributed by atoms with Crippen LogP contribution in [-0.4, -0.2) is 4.98 Å². The molecule has 2 rings (SSSR count). The van der Waals surface area contributed by atoms with Gasteiger partial charge in [-0.25, -0.2) is 0 Å². The molecule has 1 heterocycles. The van der Waals surface area contributed by atoms with Crippen LogP contribution in [0.2, 0.25) is 0 Å². The minimum Gasteiger partial charge on any atom is -0.304 e. The second-order valence-corrected chi connectivity index (χ2v) is 3.82. The molecule has 0 unspecified atom stereocenters. The van der Waals surface area contributed by atoms with Crippen LogP contribution in [0.1, 0.15) is 16.7 Å². The van der Waals surface area contributed by atoms with Gasteiger partial charge >= 0.3 is 0 Å². The van der Waals surface area contributed by atoms with Gasteiger partial charge in [-0.1, -0.05) is 11.1 Å². The van der Waals surface area contributed by atoms with E-state index in [2.05, 4.69) is 31.8 Å². The van der Waals surface area contributed by atoms with Gasteiger partial charge < -0.3 is 4.98 Å². The first kappa shape index (κ1) is 13.1. The average Bonchev–Trinajstić information content (AvgIpc) is 2.27. The fourth-order valence-corrected chi connectivity index (χ4v) is 1.64. The Morgan fingerprint density at radius 2 is 1.81 bits per heavy atom. The zero-order chi connectivity index (χ0) is 10.8. The maximum absolute atomic E-state index is 4.48. The van der Waals surface area contributed by atoms with Crippen LogP contribution in [0.5, 0.6) is 0 Å². The van der Waals surface area contributed by atoms with E-state index in [1.165, 1.54) is 16.7 Å². The number of hydrogen-bond acceptors (Lipinski definition) is 1. The zero-order valence-electron chi connectivity index (χ0n) is 9.67. The number of benzene rings is 1. The number of aromatic nitrogens is 1. The van der Waals surface area contributed by atoms with Crippen molar-refractivity contribution in [2.75, 3.05) is 0 Å². The summed E-state index contributed by atoms with van der Waals surface area (Å²) in [4.78, 5) is 4.48. The fourth-order valence-electron chi connectivity index (χ4n) is 1.64. The van der Waals surface area contributed by atoms with E-state index in [4.69, 9.17) is 0 Å². The topological polar surface area (TPSA) is 12.9 Å². The molecule has 16 heavy (non-hydrogen) atoms. The van der Waals surface area contributed by atoms with Crippen LogP contribution in [-0.2, 0) is 20.1 Å². The molecular weight excluding hydrogens is 374 g/mol. The Morgan fingerprint density at radius 1 is 1.06 bits per heavy atom. The Labute approximate surface area is 110 Å². The van der Waals surface area contributed by atoms with Crippen molar-refractivity contribution in [2.45, 2.75) is 20.8 Å². The Bertz CT molecular complexity index is 478. The van der Waals surface area contributed by atoms with Gasteiger partial charge in [0.1, 0.15) is 0 Å². The van der Waals surface area contributed by atoms with Crippen LogP contribution in [0.25, 0.3) is 11.3 Å². The summed E-state index contributed by atoms with van der Waals surface area (Å²) in [5, 5.41) is 0. The van der Waals surface area contributed by atoms with E-state index in [0.29, 0.717) is 0 Å². The van der Waals surface area contributed by atoms with Crippen molar-refractivity contribution in [2.24, 2.45) is 0 Å². The summed E-state index contributed by atoms with van der Waals surface area (Å²) in [6.45, 7) is 6.35. The minimum absolute atomic E-state index is 0. The Kier molecular flexibility index (Phi) is 4.40. The zero-order valence-corrected chi connectivity index (χ0v) is 12.1. The molecule has 2 aromatic rings. The number of hydrogen-bond donors (Lipinski definition) is 0. The van der Waals surface area contributed by atoms with Crippen LogP contribution in [0.15, 0.2) is 30.5 Å². The molecule has 0 saturated heterocycles. The van der Waals surface area contributed by atoms with Crippen LogP contribution in [0.3, 0.4) is 0 Å². The summed E-state index contributed by atoms with van der Waals surface area (Å²) in [7, 11) is 0. The number of pyridine rings is 1. The Balaban J connectivity index is 0.00000128. The van der Waals surface area contributed by atoms with E-state index in [9.17, 15) is 0 Å². The second kappa shape index (κ2) is 5.38. The van der Waals surface area contributed by atoms with Gasteiger partial charge in [0.15, 0.2) is 0 Å². The van der Waals surface area contributed by atoms with Gasteiger partial charge in [0, 0.05) is 26.3 Å². The smallest absolute Gasteiger partial charge is 0.0192 e. The maximum Gasteiger partial charge on any atom is 0.0192 e. The van der Waals surface area contributed by atoms with Crippen molar-refractivity contribution in [1.82, 2.24) is 4.98 Å². The standard InChI is InChI=1S/C14H14N.Ir/c1-10-9-15-14(12(3)11(10)2)13-7-5-4-6-8-13;/h4-7,9H,1-3H3;/q-1;. The molecular formula is C14H14IrN-. The summed E-state index contributed by atoms with van der Waals surface area (Å²) in [6.07, 6.45) is 1.93. The van der Waals surface area contributed by atoms with E-state index in [-0.39, 0.29) is 20.1 Å². The number of rotatable bonds is 1. The Morgan fingerprint density at radius 3 is 2.44 bits per heavy atom. The SMILES string of the molecule is Cc1cnc(-c2[c-]cccc2)c(C)c1C.[Ir]. The fraction of sp³-hybridized carbons (Fsp3) is 0.214. The largest absolute Gasteiger partial charge is 0.304 e. The predicted molar refractivity (Wildman–Crippen MR) is 62.7 cm³/mol. The van der Waals surface area contributed by atoms with E-state index >= 15 is 0 Å². The molecule has 0 saturated carbocycles. The molecule has 1 nitrogen and oxygen atoms in total. The van der Waals surface area contributed by atoms with Gasteiger partial charge in [-0.3, -0.25) is 0 Å². The predicted octanol–water partition coefficient (Wildman–Crippen LogP) is 3.47. The molecule has 1 radical (unpaired) electrons. The van der Waals surface area contributed by atoms with Crippen molar-refractivity contribution in [3.05, 3.63) is 53.2 Å². The number of aryl methyl sites for hydroxylation is 1. The van der Waals surface area contributed by atoms with Crippen molar-refractivity contribution >= 4 is 0 Å². The van der Waals surface area contributed by atoms with Gasteiger partial charge in [0.05, 0.1) is 0 Å². The first-order valence-corrected chi connectivity index (χ1v) is 5.10. The molecule has 0 aliphatic rings. The first-order chi connectivity index (χ1) is 7.20. The summed E-state index contributed by atoms with van der Waals surface area (Å²) in [5.74, 6) is 0. The molecule has 0 aliphatic carbocycles. The van der Waals surface area contributed by atoms with Crippen LogP contribution in [0.4, 0.5) is 0 Å². The third kappa shape index (κ3) is 2.40. The molecule has 1 aromatic carbocycles. The first-order valence-electron chi connectivity index (χ1n) is 5.10. The van der Waals surface area contributed by atoms with E-state index in [0.717, 1.165) is 11.3 Å². The summed E-state index contributed by atoms with van der Waals surface area (Å²) in [6, 6.07) is 11.2. The van der Waals surface area contributed by atoms with E-state index in [1.54, 1.807) is 0 Å². The van der Waals surface area contributed by atoms with Crippen LogP contribution < -0.4 is 0 Å². The number of nitrogens with zero attached hydrogens (tertiary/aromatic N) is 1. The van der Waals surface area contributed by atoms with E-state index < -0.39 is 0 Å². The van der Waals surface area contributed by atoms with Gasteiger partial charge in [0.2, 0.25) is 0 Å². The third-order valence-electron chi connectivity index (χ3n) is 2.86. The third-order valence-corrected chi connectivity index (χ3v) is 2.86. The molecule has 85 valence electrons. The maximum atomic E-state index is 4.48. The summed E-state index contributed by atoms with van der Waals surface area (Å²) in [5.41, 5.74) is 5.92. The van der Waals surface area contributed by atoms with Gasteiger partial charge in [-0.05, 0) is 32.0 Å². The van der Waals surface area contributed by atoms with Gasteiger partial charge in [-0.2, -0.15) is 0 Å². The molecule has 0 atom stereocenters. The molecule has 0 amide bonds. The average molecular weight is 388 g/mol. The van der Waals surface area contributed by atoms with Crippen molar-refractivity contribution in [3.8, 4) is 11.3 Å². The molecule has 0 N–H and O–H groups in total. The monoisotopic (exact) mass is 389 g/mol. The quantitative estimate of drug-likeness (QED) is 0.682. The van der Waals surface area contributed by atoms with E-state index in [1.807, 2.05) is 30.5 Å². The Hall–Kier alpha value is -0.981. The molecule has 0 fully saturated rings. The summed E-state index contributed by atoms with van der Waals surface area (Å²) < 4.78 is 0. The van der Waals surface area contributed by atoms with Crippen LogP contribution in [0, 0.1) is 26.8 Å². The second-order valence-electron chi connectivity index (χ2n) is 3.82. The van der Waals surface area contributed by atoms with Gasteiger partial charge in [0.25, 0.3) is 0 Å². The molecule has 1 aromatic heterocycles. The molecule has 0 bridgehead atoms. The van der Waals surface area contributed by atoms with Gasteiger partial charge in [-0.15, -0.1) is 35.9 Å². The minimum atomic E-state index is 0. The van der Waals surface area contributed by atoms with Crippen molar-refractivity contribution in [3.63, 3.8) is 0 Å². The summed E-state index contributed by atoms with van der Waals surface area (Å²) >= 11 is 0. The van der Waals surface area contributed by atoms with Crippen molar-refractivity contribution in [1.29, 1.82) is 0 Å². The van der Waals surface area contributed by atoms with Crippen LogP contribution >= 0.6 is 0 Å². The molecule has 0 spiro atoms. The normalized spacial score (nSPS) is 9.69. The molecule has 0 aliphatic heterocycles. The van der Waals surface area contributed by atoms with Crippen molar-refractivity contribution < 1.29 is 20.1 Å². The molecule has 2 heteroatoms.